The first-order valence-electron chi connectivity index (χ1n) is 24.6. The Hall–Kier alpha value is -10.3. The summed E-state index contributed by atoms with van der Waals surface area (Å²) in [6.45, 7) is 0. The van der Waals surface area contributed by atoms with Gasteiger partial charge < -0.3 is 9.13 Å². The molecule has 346 valence electrons. The molecule has 0 amide bonds. The summed E-state index contributed by atoms with van der Waals surface area (Å²) in [7, 11) is 0. The number of pyridine rings is 1. The smallest absolute Gasteiger partial charge is 0.182 e. The van der Waals surface area contributed by atoms with Crippen LogP contribution in [0.4, 0.5) is 0 Å². The van der Waals surface area contributed by atoms with E-state index >= 15 is 0 Å². The minimum Gasteiger partial charge on any atom is -0.309 e. The second-order valence-electron chi connectivity index (χ2n) is 18.2. The molecule has 9 nitrogen and oxygen atoms in total. The fourth-order valence-corrected chi connectivity index (χ4v) is 10.1. The zero-order chi connectivity index (χ0) is 49.0. The molecule has 14 aromatic rings. The van der Waals surface area contributed by atoms with Crippen LogP contribution in [0.25, 0.3) is 135 Å². The molecule has 0 spiro atoms. The van der Waals surface area contributed by atoms with Crippen LogP contribution in [-0.4, -0.2) is 44.0 Å². The van der Waals surface area contributed by atoms with Crippen LogP contribution in [-0.2, 0) is 0 Å². The highest BCUT2D eigenvalue weighted by molar-refractivity contribution is 6.12. The largest absolute Gasteiger partial charge is 0.309 e. The number of fused-ring (bicyclic) bond motifs is 6. The monoisotopic (exact) mass is 947 g/mol. The van der Waals surface area contributed by atoms with E-state index in [0.29, 0.717) is 40.6 Å². The van der Waals surface area contributed by atoms with Crippen molar-refractivity contribution in [1.82, 2.24) is 44.0 Å². The first-order valence-corrected chi connectivity index (χ1v) is 24.6. The van der Waals surface area contributed by atoms with Gasteiger partial charge in [0.05, 0.1) is 22.1 Å². The van der Waals surface area contributed by atoms with E-state index in [2.05, 4.69) is 148 Å². The molecule has 0 radical (unpaired) electrons. The molecule has 0 unspecified atom stereocenters. The molecule has 0 aliphatic heterocycles. The van der Waals surface area contributed by atoms with Gasteiger partial charge >= 0.3 is 0 Å². The summed E-state index contributed by atoms with van der Waals surface area (Å²) in [6, 6.07) is 83.9. The Morgan fingerprint density at radius 1 is 0.230 bits per heavy atom. The van der Waals surface area contributed by atoms with Crippen molar-refractivity contribution in [2.45, 2.75) is 0 Å². The van der Waals surface area contributed by atoms with Crippen LogP contribution >= 0.6 is 0 Å². The lowest BCUT2D eigenvalue weighted by molar-refractivity contribution is 1.06. The molecule has 0 bridgehead atoms. The van der Waals surface area contributed by atoms with E-state index in [4.69, 9.17) is 29.9 Å². The number of para-hydroxylation sites is 2. The number of nitrogens with zero attached hydrogens (tertiary/aromatic N) is 9. The quantitative estimate of drug-likeness (QED) is 0.142. The van der Waals surface area contributed by atoms with Gasteiger partial charge in [-0.25, -0.2) is 29.9 Å². The Labute approximate surface area is 425 Å². The Morgan fingerprint density at radius 3 is 0.946 bits per heavy atom. The molecule has 9 aromatic carbocycles. The van der Waals surface area contributed by atoms with Crippen LogP contribution < -0.4 is 0 Å². The molecule has 0 aliphatic rings. The first-order chi connectivity index (χ1) is 36.7. The average Bonchev–Trinajstić information content (AvgIpc) is 4.02. The number of benzene rings is 9. The van der Waals surface area contributed by atoms with Crippen LogP contribution in [0, 0.1) is 0 Å². The molecular formula is C65H41N9. The summed E-state index contributed by atoms with van der Waals surface area (Å²) in [5, 5.41) is 4.74. The average molecular weight is 948 g/mol. The van der Waals surface area contributed by atoms with Gasteiger partial charge in [0.15, 0.2) is 34.9 Å². The number of hydrogen-bond acceptors (Lipinski definition) is 7. The second kappa shape index (κ2) is 17.9. The fraction of sp³-hybridized carbons (Fsp3) is 0. The van der Waals surface area contributed by atoms with E-state index in [1.807, 2.05) is 109 Å². The summed E-state index contributed by atoms with van der Waals surface area (Å²) in [5.74, 6) is 3.61. The molecule has 5 aromatic heterocycles. The lowest BCUT2D eigenvalue weighted by atomic mass is 10.0. The minimum atomic E-state index is 0.529. The van der Waals surface area contributed by atoms with Crippen molar-refractivity contribution in [2.75, 3.05) is 0 Å². The highest BCUT2D eigenvalue weighted by Gasteiger charge is 2.19. The highest BCUT2D eigenvalue weighted by Crippen LogP contribution is 2.39. The standard InChI is InChI=1S/C65H41N9/c1-4-16-42(17-5-1)60-67-61(43-18-6-2-7-19-43)69-63(68-60)45-27-33-49(34-28-45)73-56-25-12-10-22-51(56)53-40-47(31-37-58(53)73)48-32-38-59-54(41-48)52-23-11-13-26-57(52)74(59)50-35-29-46(30-36-50)64-70-62(44-20-8-3-9-21-44)71-65(72-64)55-24-14-15-39-66-55/h1-41H. The SMILES string of the molecule is c1ccc(-c2nc(-c3ccccc3)nc(-c3ccc(-n4c5ccccc5c5cc(-c6ccc7c(c6)c6ccccc6n7-c6ccc(-c7nc(-c8ccccc8)nc(-c8ccccn8)n7)cc6)ccc54)cc3)n2)cc1. The van der Waals surface area contributed by atoms with Gasteiger partial charge in [-0.1, -0.05) is 146 Å². The van der Waals surface area contributed by atoms with E-state index in [9.17, 15) is 0 Å². The summed E-state index contributed by atoms with van der Waals surface area (Å²) in [5.41, 5.74) is 14.2. The second-order valence-corrected chi connectivity index (χ2v) is 18.2. The number of aromatic nitrogens is 9. The molecule has 74 heavy (non-hydrogen) atoms. The van der Waals surface area contributed by atoms with E-state index in [-0.39, 0.29) is 0 Å². The summed E-state index contributed by atoms with van der Waals surface area (Å²) < 4.78 is 4.69. The molecule has 5 heterocycles. The van der Waals surface area contributed by atoms with E-state index in [0.717, 1.165) is 72.4 Å². The maximum atomic E-state index is 4.98. The zero-order valence-corrected chi connectivity index (χ0v) is 39.7. The topological polar surface area (TPSA) is 100 Å². The maximum absolute atomic E-state index is 4.98. The van der Waals surface area contributed by atoms with Gasteiger partial charge in [-0.3, -0.25) is 4.98 Å². The molecule has 0 saturated heterocycles. The number of rotatable bonds is 9. The van der Waals surface area contributed by atoms with Crippen LogP contribution in [0.5, 0.6) is 0 Å². The van der Waals surface area contributed by atoms with E-state index in [1.54, 1.807) is 6.20 Å². The van der Waals surface area contributed by atoms with Crippen molar-refractivity contribution in [2.24, 2.45) is 0 Å². The molecule has 14 rings (SSSR count). The Kier molecular flexibility index (Phi) is 10.3. The molecule has 0 atom stereocenters. The van der Waals surface area contributed by atoms with Gasteiger partial charge in [0.2, 0.25) is 0 Å². The lowest BCUT2D eigenvalue weighted by Gasteiger charge is -2.11. The predicted molar refractivity (Wildman–Crippen MR) is 298 cm³/mol. The van der Waals surface area contributed by atoms with Gasteiger partial charge in [-0.15, -0.1) is 0 Å². The predicted octanol–water partition coefficient (Wildman–Crippen LogP) is 15.3. The summed E-state index contributed by atoms with van der Waals surface area (Å²) >= 11 is 0. The highest BCUT2D eigenvalue weighted by atomic mass is 15.1. The van der Waals surface area contributed by atoms with Crippen LogP contribution in [0.15, 0.2) is 249 Å². The van der Waals surface area contributed by atoms with Crippen LogP contribution in [0.3, 0.4) is 0 Å². The van der Waals surface area contributed by atoms with E-state index < -0.39 is 0 Å². The Morgan fingerprint density at radius 2 is 0.554 bits per heavy atom. The van der Waals surface area contributed by atoms with Gasteiger partial charge in [0.25, 0.3) is 0 Å². The molecule has 0 fully saturated rings. The maximum Gasteiger partial charge on any atom is 0.182 e. The molecule has 0 saturated carbocycles. The van der Waals surface area contributed by atoms with Crippen LogP contribution in [0.1, 0.15) is 0 Å². The number of hydrogen-bond donors (Lipinski definition) is 0. The third kappa shape index (κ3) is 7.55. The fourth-order valence-electron chi connectivity index (χ4n) is 10.1. The van der Waals surface area contributed by atoms with Crippen molar-refractivity contribution < 1.29 is 0 Å². The molecule has 9 heteroatoms. The van der Waals surface area contributed by atoms with Gasteiger partial charge in [-0.2, -0.15) is 0 Å². The third-order valence-corrected chi connectivity index (χ3v) is 13.7. The minimum absolute atomic E-state index is 0.529. The Balaban J connectivity index is 0.814. The zero-order valence-electron chi connectivity index (χ0n) is 39.7. The van der Waals surface area contributed by atoms with Crippen molar-refractivity contribution in [3.8, 4) is 91.0 Å². The first kappa shape index (κ1) is 42.6. The molecule has 0 aliphatic carbocycles. The molecular weight excluding hydrogens is 907 g/mol. The van der Waals surface area contributed by atoms with Gasteiger partial charge in [0.1, 0.15) is 5.69 Å². The van der Waals surface area contributed by atoms with Crippen molar-refractivity contribution in [1.29, 1.82) is 0 Å². The van der Waals surface area contributed by atoms with Crippen molar-refractivity contribution >= 4 is 43.6 Å². The normalized spacial score (nSPS) is 11.5. The third-order valence-electron chi connectivity index (χ3n) is 13.7. The van der Waals surface area contributed by atoms with E-state index in [1.165, 1.54) is 21.5 Å². The van der Waals surface area contributed by atoms with Crippen molar-refractivity contribution in [3.05, 3.63) is 249 Å². The lowest BCUT2D eigenvalue weighted by Crippen LogP contribution is -2.01. The Bertz CT molecular complexity index is 3980. The van der Waals surface area contributed by atoms with Gasteiger partial charge in [0, 0.05) is 66.9 Å². The van der Waals surface area contributed by atoms with Crippen LogP contribution in [0.2, 0.25) is 0 Å². The van der Waals surface area contributed by atoms with Gasteiger partial charge in [-0.05, 0) is 108 Å². The molecule has 0 N–H and O–H groups in total. The summed E-state index contributed by atoms with van der Waals surface area (Å²) in [6.07, 6.45) is 1.76. The van der Waals surface area contributed by atoms with Crippen molar-refractivity contribution in [3.63, 3.8) is 0 Å². The summed E-state index contributed by atoms with van der Waals surface area (Å²) in [4.78, 5) is 34.1.